The van der Waals surface area contributed by atoms with Gasteiger partial charge in [-0.15, -0.1) is 0 Å². The number of aryl methyl sites for hydroxylation is 2. The number of amides is 2. The molecule has 3 heterocycles. The normalized spacial score (nSPS) is 10.7. The van der Waals surface area contributed by atoms with Crippen LogP contribution in [0.1, 0.15) is 32.1 Å². The summed E-state index contributed by atoms with van der Waals surface area (Å²) in [5.41, 5.74) is 9.30. The summed E-state index contributed by atoms with van der Waals surface area (Å²) in [4.78, 5) is 37.7. The van der Waals surface area contributed by atoms with E-state index in [1.54, 1.807) is 35.7 Å². The number of nitrogen functional groups attached to an aromatic ring is 1. The van der Waals surface area contributed by atoms with Gasteiger partial charge in [0.15, 0.2) is 0 Å². The second-order valence-electron chi connectivity index (χ2n) is 6.74. The molecule has 4 rings (SSSR count). The van der Waals surface area contributed by atoms with Crippen LogP contribution in [-0.2, 0) is 0 Å². The van der Waals surface area contributed by atoms with E-state index >= 15 is 0 Å². The maximum Gasteiger partial charge on any atom is 0.274 e. The fourth-order valence-corrected chi connectivity index (χ4v) is 3.12. The molecule has 3 aromatic heterocycles. The minimum Gasteiger partial charge on any atom is -0.368 e. The summed E-state index contributed by atoms with van der Waals surface area (Å²) in [5.74, 6) is -0.534. The molecule has 9 nitrogen and oxygen atoms in total. The molecule has 0 saturated carbocycles. The smallest absolute Gasteiger partial charge is 0.274 e. The Morgan fingerprint density at radius 1 is 0.967 bits per heavy atom. The molecule has 0 fully saturated rings. The molecule has 0 aliphatic rings. The van der Waals surface area contributed by atoms with Crippen LogP contribution in [0.2, 0.25) is 0 Å². The number of fused-ring (bicyclic) bond motifs is 1. The van der Waals surface area contributed by atoms with Gasteiger partial charge < -0.3 is 16.4 Å². The van der Waals surface area contributed by atoms with Crippen molar-refractivity contribution >= 4 is 34.8 Å². The number of nitrogens with one attached hydrogen (secondary N) is 2. The number of anilines is 3. The summed E-state index contributed by atoms with van der Waals surface area (Å²) < 4.78 is 1.73. The molecule has 0 atom stereocenters. The Morgan fingerprint density at radius 3 is 2.47 bits per heavy atom. The van der Waals surface area contributed by atoms with Crippen LogP contribution in [0.15, 0.2) is 55.0 Å². The predicted molar refractivity (Wildman–Crippen MR) is 113 cm³/mol. The van der Waals surface area contributed by atoms with Crippen molar-refractivity contribution in [3.05, 3.63) is 77.5 Å². The molecule has 0 saturated heterocycles. The molecular formula is C21H19N7O2. The van der Waals surface area contributed by atoms with Gasteiger partial charge in [0.25, 0.3) is 11.8 Å². The lowest BCUT2D eigenvalue weighted by molar-refractivity contribution is 0.101. The molecule has 0 bridgehead atoms. The minimum absolute atomic E-state index is 0.122. The maximum atomic E-state index is 12.9. The van der Waals surface area contributed by atoms with Crippen molar-refractivity contribution in [1.82, 2.24) is 19.4 Å². The number of imidazole rings is 1. The zero-order valence-electron chi connectivity index (χ0n) is 16.4. The molecule has 150 valence electrons. The van der Waals surface area contributed by atoms with Crippen molar-refractivity contribution in [1.29, 1.82) is 0 Å². The largest absolute Gasteiger partial charge is 0.368 e. The molecule has 1 aromatic carbocycles. The highest BCUT2D eigenvalue weighted by atomic mass is 16.2. The van der Waals surface area contributed by atoms with E-state index in [0.717, 1.165) is 5.56 Å². The molecule has 0 spiro atoms. The van der Waals surface area contributed by atoms with Crippen molar-refractivity contribution in [3.63, 3.8) is 0 Å². The van der Waals surface area contributed by atoms with Gasteiger partial charge >= 0.3 is 0 Å². The summed E-state index contributed by atoms with van der Waals surface area (Å²) >= 11 is 0. The lowest BCUT2D eigenvalue weighted by atomic mass is 10.1. The van der Waals surface area contributed by atoms with Gasteiger partial charge in [-0.05, 0) is 43.7 Å². The van der Waals surface area contributed by atoms with E-state index < -0.39 is 0 Å². The summed E-state index contributed by atoms with van der Waals surface area (Å²) in [6.45, 7) is 3.60. The molecule has 4 aromatic rings. The van der Waals surface area contributed by atoms with Gasteiger partial charge in [-0.2, -0.15) is 0 Å². The van der Waals surface area contributed by atoms with Crippen molar-refractivity contribution in [2.45, 2.75) is 13.8 Å². The molecule has 30 heavy (non-hydrogen) atoms. The zero-order valence-corrected chi connectivity index (χ0v) is 16.4. The van der Waals surface area contributed by atoms with Crippen LogP contribution in [0.3, 0.4) is 0 Å². The third-order valence-electron chi connectivity index (χ3n) is 4.59. The monoisotopic (exact) mass is 401 g/mol. The standard InChI is InChI=1S/C21H19N7O2/c1-12-6-7-14(9-16(12)19(29)27-15-10-23-21(22)24-11-15)26-20(30)18-13(2)25-17-5-3-4-8-28(17)18/h3-11H,1-2H3,(H,26,30)(H,27,29)(H2,22,23,24). The van der Waals surface area contributed by atoms with E-state index in [9.17, 15) is 9.59 Å². The van der Waals surface area contributed by atoms with E-state index in [4.69, 9.17) is 5.73 Å². The minimum atomic E-state index is -0.344. The first-order chi connectivity index (χ1) is 14.4. The van der Waals surface area contributed by atoms with Gasteiger partial charge in [0, 0.05) is 17.4 Å². The molecule has 0 unspecified atom stereocenters. The van der Waals surface area contributed by atoms with Crippen LogP contribution in [0.5, 0.6) is 0 Å². The Kier molecular flexibility index (Phi) is 4.85. The van der Waals surface area contributed by atoms with Crippen molar-refractivity contribution in [2.75, 3.05) is 16.4 Å². The third-order valence-corrected chi connectivity index (χ3v) is 4.59. The van der Waals surface area contributed by atoms with Crippen LogP contribution in [0, 0.1) is 13.8 Å². The van der Waals surface area contributed by atoms with Gasteiger partial charge in [0.1, 0.15) is 11.3 Å². The number of nitrogens with two attached hydrogens (primary N) is 1. The molecule has 0 aliphatic carbocycles. The number of hydrogen-bond donors (Lipinski definition) is 3. The van der Waals surface area contributed by atoms with Crippen LogP contribution < -0.4 is 16.4 Å². The third kappa shape index (κ3) is 3.68. The number of nitrogens with zero attached hydrogens (tertiary/aromatic N) is 4. The second-order valence-corrected chi connectivity index (χ2v) is 6.74. The molecule has 9 heteroatoms. The quantitative estimate of drug-likeness (QED) is 0.482. The van der Waals surface area contributed by atoms with Crippen LogP contribution in [0.25, 0.3) is 5.65 Å². The van der Waals surface area contributed by atoms with Crippen molar-refractivity contribution < 1.29 is 9.59 Å². The van der Waals surface area contributed by atoms with E-state index in [0.29, 0.717) is 34.0 Å². The van der Waals surface area contributed by atoms with Crippen molar-refractivity contribution in [2.24, 2.45) is 0 Å². The molecule has 2 amide bonds. The highest BCUT2D eigenvalue weighted by Gasteiger charge is 2.18. The first kappa shape index (κ1) is 19.1. The van der Waals surface area contributed by atoms with Gasteiger partial charge in [0.05, 0.1) is 23.8 Å². The number of aromatic nitrogens is 4. The predicted octanol–water partition coefficient (Wildman–Crippen LogP) is 2.83. The first-order valence-electron chi connectivity index (χ1n) is 9.17. The molecule has 4 N–H and O–H groups in total. The Balaban J connectivity index is 1.58. The summed E-state index contributed by atoms with van der Waals surface area (Å²) in [6.07, 6.45) is 4.64. The highest BCUT2D eigenvalue weighted by molar-refractivity contribution is 6.08. The van der Waals surface area contributed by atoms with Gasteiger partial charge in [0.2, 0.25) is 5.95 Å². The number of pyridine rings is 1. The number of carbonyl (C=O) groups excluding carboxylic acids is 2. The number of carbonyl (C=O) groups is 2. The highest BCUT2D eigenvalue weighted by Crippen LogP contribution is 2.19. The van der Waals surface area contributed by atoms with Crippen LogP contribution in [0.4, 0.5) is 17.3 Å². The SMILES string of the molecule is Cc1ccc(NC(=O)c2c(C)nc3ccccn23)cc1C(=O)Nc1cnc(N)nc1. The lowest BCUT2D eigenvalue weighted by Crippen LogP contribution is -2.17. The molecule has 0 radical (unpaired) electrons. The lowest BCUT2D eigenvalue weighted by Gasteiger charge is -2.11. The number of hydrogen-bond acceptors (Lipinski definition) is 6. The van der Waals surface area contributed by atoms with Gasteiger partial charge in [-0.3, -0.25) is 14.0 Å². The topological polar surface area (TPSA) is 127 Å². The van der Waals surface area contributed by atoms with Gasteiger partial charge in [-0.25, -0.2) is 15.0 Å². The van der Waals surface area contributed by atoms with E-state index in [-0.39, 0.29) is 17.8 Å². The fraction of sp³-hybridized carbons (Fsp3) is 0.0952. The molecular weight excluding hydrogens is 382 g/mol. The van der Waals surface area contributed by atoms with E-state index in [1.165, 1.54) is 12.4 Å². The fourth-order valence-electron chi connectivity index (χ4n) is 3.12. The summed E-state index contributed by atoms with van der Waals surface area (Å²) in [6, 6.07) is 10.7. The Morgan fingerprint density at radius 2 is 1.70 bits per heavy atom. The average Bonchev–Trinajstić information content (AvgIpc) is 3.06. The maximum absolute atomic E-state index is 12.9. The Labute approximate surface area is 172 Å². The van der Waals surface area contributed by atoms with E-state index in [2.05, 4.69) is 25.6 Å². The van der Waals surface area contributed by atoms with Crippen LogP contribution in [-0.4, -0.2) is 31.2 Å². The average molecular weight is 401 g/mol. The first-order valence-corrected chi connectivity index (χ1v) is 9.17. The summed E-state index contributed by atoms with van der Waals surface area (Å²) in [7, 11) is 0. The number of benzene rings is 1. The van der Waals surface area contributed by atoms with Gasteiger partial charge in [-0.1, -0.05) is 12.1 Å². The molecule has 0 aliphatic heterocycles. The van der Waals surface area contributed by atoms with Crippen LogP contribution >= 0.6 is 0 Å². The van der Waals surface area contributed by atoms with E-state index in [1.807, 2.05) is 25.1 Å². The Hall–Kier alpha value is -4.27. The zero-order chi connectivity index (χ0) is 21.3. The van der Waals surface area contributed by atoms with Crippen molar-refractivity contribution in [3.8, 4) is 0 Å². The number of rotatable bonds is 4. The Bertz CT molecular complexity index is 1260. The summed E-state index contributed by atoms with van der Waals surface area (Å²) in [5, 5.41) is 5.57. The second kappa shape index (κ2) is 7.63.